The van der Waals surface area contributed by atoms with Crippen LogP contribution in [0.4, 0.5) is 5.69 Å². The molecule has 2 aromatic heterocycles. The standard InChI is InChI=1S/C23H21N5OS/c1-16(30-23-27-26-21(28(23)2)18-12-14-24-15-13-18)22(29)25-20-11-7-6-10-19(20)17-8-4-3-5-9-17/h3-16H,1-2H3,(H,25,29). The van der Waals surface area contributed by atoms with Crippen molar-refractivity contribution in [2.75, 3.05) is 5.32 Å². The Balaban J connectivity index is 1.49. The fraction of sp³-hybridized carbons (Fsp3) is 0.130. The van der Waals surface area contributed by atoms with E-state index in [1.54, 1.807) is 12.4 Å². The minimum absolute atomic E-state index is 0.0863. The number of anilines is 1. The Hall–Kier alpha value is -3.45. The summed E-state index contributed by atoms with van der Waals surface area (Å²) in [5, 5.41) is 11.9. The Morgan fingerprint density at radius 1 is 0.933 bits per heavy atom. The van der Waals surface area contributed by atoms with E-state index in [-0.39, 0.29) is 11.2 Å². The number of hydrogen-bond donors (Lipinski definition) is 1. The molecule has 2 heterocycles. The first-order valence-electron chi connectivity index (χ1n) is 9.55. The predicted molar refractivity (Wildman–Crippen MR) is 120 cm³/mol. The largest absolute Gasteiger partial charge is 0.325 e. The number of nitrogens with zero attached hydrogens (tertiary/aromatic N) is 4. The number of amides is 1. The van der Waals surface area contributed by atoms with E-state index in [0.29, 0.717) is 5.16 Å². The lowest BCUT2D eigenvalue weighted by atomic mass is 10.0. The minimum Gasteiger partial charge on any atom is -0.325 e. The number of carbonyl (C=O) groups is 1. The van der Waals surface area contributed by atoms with Crippen molar-refractivity contribution in [3.05, 3.63) is 79.1 Å². The third kappa shape index (κ3) is 4.26. The monoisotopic (exact) mass is 415 g/mol. The molecular weight excluding hydrogens is 394 g/mol. The second-order valence-corrected chi connectivity index (χ2v) is 8.07. The Morgan fingerprint density at radius 3 is 2.40 bits per heavy atom. The number of hydrogen-bond acceptors (Lipinski definition) is 5. The van der Waals surface area contributed by atoms with Crippen LogP contribution in [0.1, 0.15) is 6.92 Å². The van der Waals surface area contributed by atoms with Crippen LogP contribution in [0.3, 0.4) is 0 Å². The van der Waals surface area contributed by atoms with Crippen molar-refractivity contribution in [2.45, 2.75) is 17.3 Å². The van der Waals surface area contributed by atoms with Crippen molar-refractivity contribution >= 4 is 23.4 Å². The van der Waals surface area contributed by atoms with Gasteiger partial charge in [0.25, 0.3) is 0 Å². The molecule has 1 unspecified atom stereocenters. The van der Waals surface area contributed by atoms with E-state index in [4.69, 9.17) is 0 Å². The molecule has 0 saturated heterocycles. The lowest BCUT2D eigenvalue weighted by Crippen LogP contribution is -2.23. The molecule has 0 saturated carbocycles. The van der Waals surface area contributed by atoms with Crippen LogP contribution in [-0.4, -0.2) is 30.9 Å². The van der Waals surface area contributed by atoms with Gasteiger partial charge in [0.1, 0.15) is 0 Å². The minimum atomic E-state index is -0.345. The van der Waals surface area contributed by atoms with Crippen molar-refractivity contribution in [3.8, 4) is 22.5 Å². The van der Waals surface area contributed by atoms with Gasteiger partial charge in [-0.1, -0.05) is 60.3 Å². The maximum atomic E-state index is 12.9. The highest BCUT2D eigenvalue weighted by molar-refractivity contribution is 8.00. The highest BCUT2D eigenvalue weighted by atomic mass is 32.2. The van der Waals surface area contributed by atoms with Crippen LogP contribution in [-0.2, 0) is 11.8 Å². The van der Waals surface area contributed by atoms with Gasteiger partial charge in [-0.2, -0.15) is 0 Å². The normalized spacial score (nSPS) is 11.8. The summed E-state index contributed by atoms with van der Waals surface area (Å²) in [5.41, 5.74) is 3.77. The smallest absolute Gasteiger partial charge is 0.237 e. The molecule has 1 atom stereocenters. The van der Waals surface area contributed by atoms with Gasteiger partial charge in [0.15, 0.2) is 11.0 Å². The third-order valence-corrected chi connectivity index (χ3v) is 5.83. The SMILES string of the molecule is CC(Sc1nnc(-c2ccncc2)n1C)C(=O)Nc1ccccc1-c1ccccc1. The summed E-state index contributed by atoms with van der Waals surface area (Å²) >= 11 is 1.38. The first-order chi connectivity index (χ1) is 14.6. The second kappa shape index (κ2) is 8.92. The summed E-state index contributed by atoms with van der Waals surface area (Å²) < 4.78 is 1.89. The summed E-state index contributed by atoms with van der Waals surface area (Å²) in [6.45, 7) is 1.87. The van der Waals surface area contributed by atoms with Crippen molar-refractivity contribution < 1.29 is 4.79 Å². The zero-order valence-corrected chi connectivity index (χ0v) is 17.5. The predicted octanol–water partition coefficient (Wildman–Crippen LogP) is 4.66. The zero-order chi connectivity index (χ0) is 20.9. The van der Waals surface area contributed by atoms with Crippen LogP contribution >= 0.6 is 11.8 Å². The molecule has 150 valence electrons. The van der Waals surface area contributed by atoms with Crippen molar-refractivity contribution in [1.29, 1.82) is 0 Å². The molecule has 6 nitrogen and oxygen atoms in total. The van der Waals surface area contributed by atoms with Gasteiger partial charge in [0.05, 0.1) is 5.25 Å². The quantitative estimate of drug-likeness (QED) is 0.464. The summed E-state index contributed by atoms with van der Waals surface area (Å²) in [7, 11) is 1.90. The van der Waals surface area contributed by atoms with Gasteiger partial charge in [-0.25, -0.2) is 0 Å². The van der Waals surface area contributed by atoms with Gasteiger partial charge in [-0.3, -0.25) is 9.78 Å². The molecular formula is C23H21N5OS. The molecule has 0 radical (unpaired) electrons. The molecule has 1 amide bonds. The van der Waals surface area contributed by atoms with E-state index in [1.807, 2.05) is 85.3 Å². The average molecular weight is 416 g/mol. The summed E-state index contributed by atoms with van der Waals surface area (Å²) in [6.07, 6.45) is 3.44. The first-order valence-corrected chi connectivity index (χ1v) is 10.4. The van der Waals surface area contributed by atoms with Gasteiger partial charge >= 0.3 is 0 Å². The van der Waals surface area contributed by atoms with Gasteiger partial charge < -0.3 is 9.88 Å². The van der Waals surface area contributed by atoms with Gasteiger partial charge in [0, 0.05) is 36.3 Å². The topological polar surface area (TPSA) is 72.7 Å². The van der Waals surface area contributed by atoms with Gasteiger partial charge in [-0.05, 0) is 30.7 Å². The van der Waals surface area contributed by atoms with E-state index in [1.165, 1.54) is 11.8 Å². The molecule has 30 heavy (non-hydrogen) atoms. The fourth-order valence-corrected chi connectivity index (χ4v) is 3.89. The van der Waals surface area contributed by atoms with Crippen molar-refractivity contribution in [3.63, 3.8) is 0 Å². The number of pyridine rings is 1. The van der Waals surface area contributed by atoms with Gasteiger partial charge in [0.2, 0.25) is 5.91 Å². The number of rotatable bonds is 6. The molecule has 4 aromatic rings. The Morgan fingerprint density at radius 2 is 1.63 bits per heavy atom. The highest BCUT2D eigenvalue weighted by Gasteiger charge is 2.20. The molecule has 0 bridgehead atoms. The zero-order valence-electron chi connectivity index (χ0n) is 16.7. The summed E-state index contributed by atoms with van der Waals surface area (Å²) in [4.78, 5) is 16.9. The summed E-state index contributed by atoms with van der Waals surface area (Å²) in [5.74, 6) is 0.652. The molecule has 1 N–H and O–H groups in total. The van der Waals surface area contributed by atoms with Crippen LogP contribution in [0, 0.1) is 0 Å². The Kier molecular flexibility index (Phi) is 5.90. The van der Waals surface area contributed by atoms with Crippen LogP contribution in [0.15, 0.2) is 84.3 Å². The molecule has 0 aliphatic rings. The lowest BCUT2D eigenvalue weighted by Gasteiger charge is -2.15. The third-order valence-electron chi connectivity index (χ3n) is 4.69. The molecule has 4 rings (SSSR count). The van der Waals surface area contributed by atoms with E-state index >= 15 is 0 Å². The molecule has 2 aromatic carbocycles. The van der Waals surface area contributed by atoms with Crippen LogP contribution < -0.4 is 5.32 Å². The van der Waals surface area contributed by atoms with E-state index in [2.05, 4.69) is 20.5 Å². The number of para-hydroxylation sites is 1. The number of aromatic nitrogens is 4. The van der Waals surface area contributed by atoms with E-state index < -0.39 is 0 Å². The molecule has 0 aliphatic heterocycles. The molecule has 7 heteroatoms. The number of carbonyl (C=O) groups excluding carboxylic acids is 1. The van der Waals surface area contributed by atoms with Crippen LogP contribution in [0.25, 0.3) is 22.5 Å². The van der Waals surface area contributed by atoms with Crippen molar-refractivity contribution in [2.24, 2.45) is 7.05 Å². The molecule has 0 fully saturated rings. The number of benzene rings is 2. The number of thioether (sulfide) groups is 1. The summed E-state index contributed by atoms with van der Waals surface area (Å²) in [6, 6.07) is 21.6. The maximum absolute atomic E-state index is 12.9. The van der Waals surface area contributed by atoms with E-state index in [9.17, 15) is 4.79 Å². The van der Waals surface area contributed by atoms with Gasteiger partial charge in [-0.15, -0.1) is 10.2 Å². The number of nitrogens with one attached hydrogen (secondary N) is 1. The van der Waals surface area contributed by atoms with Crippen LogP contribution in [0.2, 0.25) is 0 Å². The molecule has 0 spiro atoms. The first kappa shape index (κ1) is 19.8. The highest BCUT2D eigenvalue weighted by Crippen LogP contribution is 2.30. The Labute approximate surface area is 179 Å². The lowest BCUT2D eigenvalue weighted by molar-refractivity contribution is -0.115. The van der Waals surface area contributed by atoms with Crippen LogP contribution in [0.5, 0.6) is 0 Å². The van der Waals surface area contributed by atoms with E-state index in [0.717, 1.165) is 28.2 Å². The average Bonchev–Trinajstić information content (AvgIpc) is 3.15. The Bertz CT molecular complexity index is 1140. The molecule has 0 aliphatic carbocycles. The fourth-order valence-electron chi connectivity index (χ4n) is 3.08. The van der Waals surface area contributed by atoms with Crippen molar-refractivity contribution in [1.82, 2.24) is 19.7 Å². The maximum Gasteiger partial charge on any atom is 0.237 e. The second-order valence-electron chi connectivity index (χ2n) is 6.76.